The predicted octanol–water partition coefficient (Wildman–Crippen LogP) is 2.64. The molecule has 84 valence electrons. The second-order valence-corrected chi connectivity index (χ2v) is 4.16. The van der Waals surface area contributed by atoms with E-state index in [2.05, 4.69) is 24.0 Å². The summed E-state index contributed by atoms with van der Waals surface area (Å²) in [4.78, 5) is 4.29. The molecule has 0 aliphatic rings. The normalized spacial score (nSPS) is 10.9. The third-order valence-electron chi connectivity index (χ3n) is 2.17. The minimum Gasteiger partial charge on any atom is -0.508 e. The highest BCUT2D eigenvalue weighted by Gasteiger charge is 2.09. The minimum absolute atomic E-state index is 0.227. The number of hydrogen-bond acceptors (Lipinski definition) is 4. The summed E-state index contributed by atoms with van der Waals surface area (Å²) in [5, 5.41) is 13.1. The van der Waals surface area contributed by atoms with E-state index < -0.39 is 0 Å². The summed E-state index contributed by atoms with van der Waals surface area (Å²) in [5.41, 5.74) is 0.820. The lowest BCUT2D eigenvalue weighted by molar-refractivity contribution is 0.417. The van der Waals surface area contributed by atoms with Crippen molar-refractivity contribution >= 4 is 0 Å². The van der Waals surface area contributed by atoms with E-state index >= 15 is 0 Å². The number of nitrogens with zero attached hydrogens (tertiary/aromatic N) is 2. The van der Waals surface area contributed by atoms with Crippen LogP contribution in [-0.4, -0.2) is 15.2 Å². The number of aromatic nitrogens is 2. The van der Waals surface area contributed by atoms with Gasteiger partial charge in [0.05, 0.1) is 0 Å². The molecule has 0 radical (unpaired) electrons. The summed E-state index contributed by atoms with van der Waals surface area (Å²) in [6.45, 7) is 4.22. The number of benzene rings is 1. The van der Waals surface area contributed by atoms with Gasteiger partial charge in [0.15, 0.2) is 5.82 Å². The number of aromatic hydroxyl groups is 1. The van der Waals surface area contributed by atoms with Crippen LogP contribution >= 0.6 is 0 Å². The van der Waals surface area contributed by atoms with Crippen LogP contribution in [0.1, 0.15) is 19.7 Å². The van der Waals surface area contributed by atoms with Crippen molar-refractivity contribution in [3.05, 3.63) is 30.1 Å². The van der Waals surface area contributed by atoms with Crippen molar-refractivity contribution < 1.29 is 9.63 Å². The van der Waals surface area contributed by atoms with Crippen LogP contribution < -0.4 is 0 Å². The van der Waals surface area contributed by atoms with Crippen molar-refractivity contribution in [1.82, 2.24) is 10.1 Å². The Bertz CT molecular complexity index is 460. The van der Waals surface area contributed by atoms with Gasteiger partial charge in [-0.15, -0.1) is 0 Å². The lowest BCUT2D eigenvalue weighted by atomic mass is 10.1. The van der Waals surface area contributed by atoms with Gasteiger partial charge in [0.1, 0.15) is 5.75 Å². The number of phenols is 1. The highest BCUT2D eigenvalue weighted by molar-refractivity contribution is 5.53. The Balaban J connectivity index is 2.21. The minimum atomic E-state index is 0.227. The summed E-state index contributed by atoms with van der Waals surface area (Å²) in [6.07, 6.45) is 0.807. The van der Waals surface area contributed by atoms with E-state index in [9.17, 15) is 0 Å². The van der Waals surface area contributed by atoms with Gasteiger partial charge in [0.2, 0.25) is 0 Å². The first-order valence-electron chi connectivity index (χ1n) is 5.27. The molecule has 0 spiro atoms. The van der Waals surface area contributed by atoms with Gasteiger partial charge in [-0.3, -0.25) is 0 Å². The summed E-state index contributed by atoms with van der Waals surface area (Å²) in [6, 6.07) is 6.70. The molecule has 2 aromatic rings. The maximum absolute atomic E-state index is 9.16. The molecule has 1 N–H and O–H groups in total. The molecule has 0 fully saturated rings. The van der Waals surface area contributed by atoms with Crippen LogP contribution in [0, 0.1) is 5.92 Å². The van der Waals surface area contributed by atoms with Gasteiger partial charge in [0, 0.05) is 12.0 Å². The Kier molecular flexibility index (Phi) is 2.90. The Morgan fingerprint density at radius 2 is 1.94 bits per heavy atom. The lowest BCUT2D eigenvalue weighted by Crippen LogP contribution is -1.95. The quantitative estimate of drug-likeness (QED) is 0.860. The van der Waals surface area contributed by atoms with Gasteiger partial charge < -0.3 is 9.63 Å². The second kappa shape index (κ2) is 4.35. The first kappa shape index (κ1) is 10.7. The zero-order valence-corrected chi connectivity index (χ0v) is 9.34. The van der Waals surface area contributed by atoms with E-state index in [1.807, 2.05) is 0 Å². The summed E-state index contributed by atoms with van der Waals surface area (Å²) < 4.78 is 5.15. The van der Waals surface area contributed by atoms with Crippen molar-refractivity contribution in [3.8, 4) is 17.2 Å². The SMILES string of the molecule is CC(C)Cc1noc(-c2ccc(O)cc2)n1. The predicted molar refractivity (Wildman–Crippen MR) is 59.9 cm³/mol. The van der Waals surface area contributed by atoms with E-state index in [4.69, 9.17) is 9.63 Å². The topological polar surface area (TPSA) is 59.2 Å². The molecular weight excluding hydrogens is 204 g/mol. The zero-order valence-electron chi connectivity index (χ0n) is 9.34. The second-order valence-electron chi connectivity index (χ2n) is 4.16. The standard InChI is InChI=1S/C12H14N2O2/c1-8(2)7-11-13-12(16-14-11)9-3-5-10(15)6-4-9/h3-6,8,15H,7H2,1-2H3. The smallest absolute Gasteiger partial charge is 0.257 e. The molecule has 0 amide bonds. The average molecular weight is 218 g/mol. The molecule has 4 heteroatoms. The third kappa shape index (κ3) is 2.39. The first-order valence-corrected chi connectivity index (χ1v) is 5.27. The van der Waals surface area contributed by atoms with Crippen LogP contribution in [0.3, 0.4) is 0 Å². The molecule has 2 rings (SSSR count). The van der Waals surface area contributed by atoms with Crippen LogP contribution in [0.5, 0.6) is 5.75 Å². The van der Waals surface area contributed by atoms with Gasteiger partial charge >= 0.3 is 0 Å². The van der Waals surface area contributed by atoms with Gasteiger partial charge in [-0.2, -0.15) is 4.98 Å². The molecule has 1 aromatic heterocycles. The lowest BCUT2D eigenvalue weighted by Gasteiger charge is -1.96. The van der Waals surface area contributed by atoms with Crippen molar-refractivity contribution in [2.24, 2.45) is 5.92 Å². The number of phenolic OH excluding ortho intramolecular Hbond substituents is 1. The maximum atomic E-state index is 9.16. The molecule has 16 heavy (non-hydrogen) atoms. The molecule has 0 saturated heterocycles. The zero-order chi connectivity index (χ0) is 11.5. The largest absolute Gasteiger partial charge is 0.508 e. The fourth-order valence-electron chi connectivity index (χ4n) is 1.42. The van der Waals surface area contributed by atoms with Gasteiger partial charge in [-0.25, -0.2) is 0 Å². The molecule has 0 aliphatic carbocycles. The van der Waals surface area contributed by atoms with Gasteiger partial charge in [-0.1, -0.05) is 19.0 Å². The van der Waals surface area contributed by atoms with Gasteiger partial charge in [-0.05, 0) is 30.2 Å². The molecular formula is C12H14N2O2. The van der Waals surface area contributed by atoms with Crippen molar-refractivity contribution in [2.75, 3.05) is 0 Å². The number of rotatable bonds is 3. The molecule has 0 atom stereocenters. The highest BCUT2D eigenvalue weighted by atomic mass is 16.5. The van der Waals surface area contributed by atoms with E-state index in [1.54, 1.807) is 24.3 Å². The molecule has 0 saturated carbocycles. The molecule has 0 aliphatic heterocycles. The van der Waals surface area contributed by atoms with Crippen molar-refractivity contribution in [3.63, 3.8) is 0 Å². The third-order valence-corrected chi connectivity index (χ3v) is 2.17. The van der Waals surface area contributed by atoms with E-state index in [-0.39, 0.29) is 5.75 Å². The molecule has 0 unspecified atom stereocenters. The molecule has 1 heterocycles. The van der Waals surface area contributed by atoms with Crippen molar-refractivity contribution in [1.29, 1.82) is 0 Å². The molecule has 4 nitrogen and oxygen atoms in total. The van der Waals surface area contributed by atoms with Crippen LogP contribution in [0.25, 0.3) is 11.5 Å². The number of hydrogen-bond donors (Lipinski definition) is 1. The van der Waals surface area contributed by atoms with Crippen LogP contribution in [0.2, 0.25) is 0 Å². The van der Waals surface area contributed by atoms with Crippen LogP contribution in [0.15, 0.2) is 28.8 Å². The molecule has 1 aromatic carbocycles. The maximum Gasteiger partial charge on any atom is 0.257 e. The van der Waals surface area contributed by atoms with Gasteiger partial charge in [0.25, 0.3) is 5.89 Å². The Labute approximate surface area is 93.9 Å². The van der Waals surface area contributed by atoms with Crippen LogP contribution in [-0.2, 0) is 6.42 Å². The van der Waals surface area contributed by atoms with Crippen LogP contribution in [0.4, 0.5) is 0 Å². The molecule has 0 bridgehead atoms. The summed E-state index contributed by atoms with van der Waals surface area (Å²) >= 11 is 0. The summed E-state index contributed by atoms with van der Waals surface area (Å²) in [7, 11) is 0. The first-order chi connectivity index (χ1) is 7.65. The van der Waals surface area contributed by atoms with Crippen molar-refractivity contribution in [2.45, 2.75) is 20.3 Å². The summed E-state index contributed by atoms with van der Waals surface area (Å²) in [5.74, 6) is 1.95. The van der Waals surface area contributed by atoms with E-state index in [1.165, 1.54) is 0 Å². The average Bonchev–Trinajstić information content (AvgIpc) is 2.66. The van der Waals surface area contributed by atoms with E-state index in [0.29, 0.717) is 11.8 Å². The Hall–Kier alpha value is -1.84. The Morgan fingerprint density at radius 1 is 1.25 bits per heavy atom. The monoisotopic (exact) mass is 218 g/mol. The van der Waals surface area contributed by atoms with E-state index in [0.717, 1.165) is 17.8 Å². The Morgan fingerprint density at radius 3 is 2.56 bits per heavy atom. The fraction of sp³-hybridized carbons (Fsp3) is 0.333. The fourth-order valence-corrected chi connectivity index (χ4v) is 1.42. The highest BCUT2D eigenvalue weighted by Crippen LogP contribution is 2.20.